The summed E-state index contributed by atoms with van der Waals surface area (Å²) in [5, 5.41) is 6.84. The Labute approximate surface area is 207 Å². The molecule has 1 fully saturated rings. The number of carbonyl (C=O) groups is 1. The van der Waals surface area contributed by atoms with Gasteiger partial charge in [-0.1, -0.05) is 30.3 Å². The largest absolute Gasteiger partial charge is 0.496 e. The summed E-state index contributed by atoms with van der Waals surface area (Å²) in [5.41, 5.74) is 8.03. The summed E-state index contributed by atoms with van der Waals surface area (Å²) in [7, 11) is 1.72. The van der Waals surface area contributed by atoms with Gasteiger partial charge in [-0.05, 0) is 56.6 Å². The third kappa shape index (κ3) is 7.09. The summed E-state index contributed by atoms with van der Waals surface area (Å²) >= 11 is 0. The van der Waals surface area contributed by atoms with Crippen molar-refractivity contribution in [2.45, 2.75) is 32.4 Å². The first-order valence-electron chi connectivity index (χ1n) is 10.9. The van der Waals surface area contributed by atoms with E-state index in [1.807, 2.05) is 24.3 Å². The number of hydrogen-bond acceptors (Lipinski definition) is 4. The van der Waals surface area contributed by atoms with Crippen molar-refractivity contribution in [2.24, 2.45) is 10.7 Å². The normalized spacial score (nSPS) is 15.0. The number of ether oxygens (including phenoxy) is 1. The second kappa shape index (κ2) is 13.3. The predicted octanol–water partition coefficient (Wildman–Crippen LogP) is 3.30. The Morgan fingerprint density at radius 2 is 1.81 bits per heavy atom. The molecule has 7 nitrogen and oxygen atoms in total. The van der Waals surface area contributed by atoms with E-state index in [9.17, 15) is 4.79 Å². The number of hydrogen-bond donors (Lipinski definition) is 3. The second-order valence-electron chi connectivity index (χ2n) is 7.64. The van der Waals surface area contributed by atoms with Gasteiger partial charge in [0.15, 0.2) is 5.96 Å². The van der Waals surface area contributed by atoms with Gasteiger partial charge in [0.05, 0.1) is 19.7 Å². The molecular formula is C24H34IN5O2. The number of guanidine groups is 1. The first kappa shape index (κ1) is 25.9. The monoisotopic (exact) mass is 551 g/mol. The number of halogens is 1. The number of rotatable bonds is 9. The van der Waals surface area contributed by atoms with E-state index >= 15 is 0 Å². The molecule has 1 saturated heterocycles. The molecule has 32 heavy (non-hydrogen) atoms. The molecule has 2 aromatic carbocycles. The van der Waals surface area contributed by atoms with Crippen LogP contribution in [0.3, 0.4) is 0 Å². The van der Waals surface area contributed by atoms with E-state index in [0.717, 1.165) is 43.5 Å². The van der Waals surface area contributed by atoms with Crippen molar-refractivity contribution in [1.29, 1.82) is 0 Å². The van der Waals surface area contributed by atoms with Crippen LogP contribution in [0.2, 0.25) is 0 Å². The molecule has 0 aromatic heterocycles. The molecule has 1 aliphatic rings. The highest BCUT2D eigenvalue weighted by Crippen LogP contribution is 2.31. The maximum atomic E-state index is 11.2. The fourth-order valence-electron chi connectivity index (χ4n) is 3.91. The number of aliphatic imine (C=N–C) groups is 1. The molecule has 4 N–H and O–H groups in total. The Morgan fingerprint density at radius 1 is 1.12 bits per heavy atom. The lowest BCUT2D eigenvalue weighted by molar-refractivity contribution is 0.100. The van der Waals surface area contributed by atoms with Gasteiger partial charge in [-0.25, -0.2) is 4.99 Å². The van der Waals surface area contributed by atoms with Crippen LogP contribution in [0, 0.1) is 0 Å². The van der Waals surface area contributed by atoms with Crippen LogP contribution in [-0.2, 0) is 6.54 Å². The van der Waals surface area contributed by atoms with Crippen molar-refractivity contribution >= 4 is 35.8 Å². The average Bonchev–Trinajstić information content (AvgIpc) is 3.32. The molecule has 8 heteroatoms. The molecule has 1 unspecified atom stereocenters. The molecule has 1 atom stereocenters. The van der Waals surface area contributed by atoms with Gasteiger partial charge in [0, 0.05) is 24.2 Å². The zero-order chi connectivity index (χ0) is 22.1. The van der Waals surface area contributed by atoms with Crippen LogP contribution in [0.5, 0.6) is 5.75 Å². The van der Waals surface area contributed by atoms with Crippen LogP contribution in [0.15, 0.2) is 53.5 Å². The van der Waals surface area contributed by atoms with Gasteiger partial charge in [0.1, 0.15) is 5.75 Å². The highest BCUT2D eigenvalue weighted by Gasteiger charge is 2.26. The summed E-state index contributed by atoms with van der Waals surface area (Å²) in [6, 6.07) is 15.7. The van der Waals surface area contributed by atoms with Crippen LogP contribution >= 0.6 is 24.0 Å². The van der Waals surface area contributed by atoms with E-state index in [1.165, 1.54) is 18.4 Å². The van der Waals surface area contributed by atoms with E-state index in [4.69, 9.17) is 15.5 Å². The fraction of sp³-hybridized carbons (Fsp3) is 0.417. The first-order chi connectivity index (χ1) is 15.1. The molecule has 0 saturated carbocycles. The summed E-state index contributed by atoms with van der Waals surface area (Å²) in [6.45, 7) is 6.24. The van der Waals surface area contributed by atoms with Crippen molar-refractivity contribution in [1.82, 2.24) is 15.5 Å². The van der Waals surface area contributed by atoms with E-state index in [0.29, 0.717) is 12.1 Å². The number of carbonyl (C=O) groups excluding carboxylic acids is 1. The molecule has 1 aliphatic heterocycles. The molecule has 3 rings (SSSR count). The van der Waals surface area contributed by atoms with Crippen molar-refractivity contribution in [2.75, 3.05) is 33.3 Å². The number of benzene rings is 2. The van der Waals surface area contributed by atoms with Crippen LogP contribution in [0.25, 0.3) is 0 Å². The smallest absolute Gasteiger partial charge is 0.248 e. The number of primary amides is 1. The van der Waals surface area contributed by atoms with Crippen LogP contribution in [0.1, 0.15) is 47.3 Å². The lowest BCUT2D eigenvalue weighted by Gasteiger charge is -2.30. The minimum atomic E-state index is -0.422. The summed E-state index contributed by atoms with van der Waals surface area (Å²) < 4.78 is 5.64. The van der Waals surface area contributed by atoms with Gasteiger partial charge < -0.3 is 21.1 Å². The van der Waals surface area contributed by atoms with Gasteiger partial charge >= 0.3 is 0 Å². The highest BCUT2D eigenvalue weighted by atomic mass is 127. The lowest BCUT2D eigenvalue weighted by atomic mass is 10.0. The van der Waals surface area contributed by atoms with Crippen molar-refractivity contribution in [3.05, 3.63) is 65.2 Å². The Bertz CT molecular complexity index is 882. The molecule has 0 bridgehead atoms. The number of amides is 1. The summed E-state index contributed by atoms with van der Waals surface area (Å²) in [5.74, 6) is 1.26. The van der Waals surface area contributed by atoms with Crippen molar-refractivity contribution < 1.29 is 9.53 Å². The Morgan fingerprint density at radius 3 is 2.44 bits per heavy atom. The van der Waals surface area contributed by atoms with Crippen LogP contribution < -0.4 is 21.1 Å². The predicted molar refractivity (Wildman–Crippen MR) is 140 cm³/mol. The highest BCUT2D eigenvalue weighted by molar-refractivity contribution is 14.0. The van der Waals surface area contributed by atoms with Gasteiger partial charge in [-0.2, -0.15) is 0 Å². The lowest BCUT2D eigenvalue weighted by Crippen LogP contribution is -2.42. The zero-order valence-corrected chi connectivity index (χ0v) is 21.2. The number of nitrogens with two attached hydrogens (primary N) is 1. The zero-order valence-electron chi connectivity index (χ0n) is 18.8. The molecule has 1 amide bonds. The molecule has 0 aliphatic carbocycles. The number of nitrogens with one attached hydrogen (secondary N) is 2. The van der Waals surface area contributed by atoms with E-state index < -0.39 is 5.91 Å². The molecular weight excluding hydrogens is 517 g/mol. The quantitative estimate of drug-likeness (QED) is 0.253. The van der Waals surface area contributed by atoms with Gasteiger partial charge in [0.2, 0.25) is 5.91 Å². The summed E-state index contributed by atoms with van der Waals surface area (Å²) in [6.07, 6.45) is 2.45. The third-order valence-corrected chi connectivity index (χ3v) is 5.54. The Kier molecular flexibility index (Phi) is 10.8. The molecule has 2 aromatic rings. The van der Waals surface area contributed by atoms with E-state index in [2.05, 4.69) is 34.6 Å². The Hall–Kier alpha value is -2.33. The maximum absolute atomic E-state index is 11.2. The number of likely N-dealkylation sites (tertiary alicyclic amines) is 1. The van der Waals surface area contributed by atoms with Crippen LogP contribution in [-0.4, -0.2) is 50.1 Å². The van der Waals surface area contributed by atoms with E-state index in [1.54, 1.807) is 19.2 Å². The average molecular weight is 551 g/mol. The van der Waals surface area contributed by atoms with Gasteiger partial charge in [0.25, 0.3) is 0 Å². The van der Waals surface area contributed by atoms with Crippen molar-refractivity contribution in [3.8, 4) is 5.75 Å². The standard InChI is InChI=1S/C24H33N5O2.HI/c1-3-26-24(27-16-18-10-12-19(13-11-18)23(25)30)28-17-21(29-14-6-7-15-29)20-8-4-5-9-22(20)31-2;/h4-5,8-13,21H,3,6-7,14-17H2,1-2H3,(H2,25,30)(H2,26,27,28);1H. The Balaban J connectivity index is 0.00000363. The second-order valence-corrected chi connectivity index (χ2v) is 7.64. The van der Waals surface area contributed by atoms with Gasteiger partial charge in [-0.15, -0.1) is 24.0 Å². The number of para-hydroxylation sites is 1. The molecule has 174 valence electrons. The van der Waals surface area contributed by atoms with Crippen molar-refractivity contribution in [3.63, 3.8) is 0 Å². The molecule has 1 heterocycles. The fourth-order valence-corrected chi connectivity index (χ4v) is 3.91. The first-order valence-corrected chi connectivity index (χ1v) is 10.9. The maximum Gasteiger partial charge on any atom is 0.248 e. The number of methoxy groups -OCH3 is 1. The third-order valence-electron chi connectivity index (χ3n) is 5.54. The number of nitrogens with zero attached hydrogens (tertiary/aromatic N) is 2. The topological polar surface area (TPSA) is 92.0 Å². The van der Waals surface area contributed by atoms with Gasteiger partial charge in [-0.3, -0.25) is 9.69 Å². The van der Waals surface area contributed by atoms with E-state index in [-0.39, 0.29) is 30.0 Å². The minimum absolute atomic E-state index is 0. The van der Waals surface area contributed by atoms with Crippen LogP contribution in [0.4, 0.5) is 0 Å². The molecule has 0 spiro atoms. The SMILES string of the molecule is CCNC(=NCc1ccc(C(N)=O)cc1)NCC(c1ccccc1OC)N1CCCC1.I. The molecule has 0 radical (unpaired) electrons. The summed E-state index contributed by atoms with van der Waals surface area (Å²) in [4.78, 5) is 18.5. The minimum Gasteiger partial charge on any atom is -0.496 e.